The third-order valence-corrected chi connectivity index (χ3v) is 4.80. The fraction of sp³-hybridized carbons (Fsp3) is 0.316. The van der Waals surface area contributed by atoms with Crippen LogP contribution in [0.1, 0.15) is 11.6 Å². The van der Waals surface area contributed by atoms with Gasteiger partial charge in [0.25, 0.3) is 0 Å². The highest BCUT2D eigenvalue weighted by Gasteiger charge is 2.30. The van der Waals surface area contributed by atoms with Crippen LogP contribution >= 0.6 is 12.2 Å². The first-order valence-electron chi connectivity index (χ1n) is 8.25. The van der Waals surface area contributed by atoms with Gasteiger partial charge in [0, 0.05) is 11.8 Å². The molecule has 0 radical (unpaired) electrons. The minimum atomic E-state index is 0.297. The molecule has 3 rings (SSSR count). The SMILES string of the molecule is COc1cccc(NC(=S)N2CC[NH+](C)C[C@H]2c2ccccc2)c1. The van der Waals surface area contributed by atoms with Gasteiger partial charge in [-0.3, -0.25) is 0 Å². The van der Waals surface area contributed by atoms with E-state index in [4.69, 9.17) is 17.0 Å². The number of quaternary nitrogens is 1. The van der Waals surface area contributed by atoms with E-state index in [1.54, 1.807) is 7.11 Å². The second kappa shape index (κ2) is 7.64. The number of likely N-dealkylation sites (N-methyl/N-ethyl adjacent to an activating group) is 1. The molecule has 2 N–H and O–H groups in total. The van der Waals surface area contributed by atoms with Crippen molar-refractivity contribution in [3.05, 3.63) is 60.2 Å². The lowest BCUT2D eigenvalue weighted by molar-refractivity contribution is -0.887. The third-order valence-electron chi connectivity index (χ3n) is 4.46. The fourth-order valence-corrected chi connectivity index (χ4v) is 3.46. The number of ether oxygens (including phenoxy) is 1. The molecular weight excluding hydrogens is 318 g/mol. The van der Waals surface area contributed by atoms with E-state index in [1.165, 1.54) is 10.5 Å². The summed E-state index contributed by atoms with van der Waals surface area (Å²) in [5.74, 6) is 0.824. The molecule has 0 saturated carbocycles. The monoisotopic (exact) mass is 342 g/mol. The van der Waals surface area contributed by atoms with Gasteiger partial charge in [0.15, 0.2) is 5.11 Å². The average Bonchev–Trinajstić information content (AvgIpc) is 2.62. The number of rotatable bonds is 3. The Balaban J connectivity index is 1.78. The van der Waals surface area contributed by atoms with E-state index < -0.39 is 0 Å². The molecular formula is C19H24N3OS+. The highest BCUT2D eigenvalue weighted by atomic mass is 32.1. The van der Waals surface area contributed by atoms with Crippen LogP contribution in [0, 0.1) is 0 Å². The molecule has 1 fully saturated rings. The summed E-state index contributed by atoms with van der Waals surface area (Å²) in [5.41, 5.74) is 2.27. The maximum absolute atomic E-state index is 5.72. The Morgan fingerprint density at radius 2 is 2.00 bits per heavy atom. The van der Waals surface area contributed by atoms with Gasteiger partial charge in [-0.05, 0) is 29.9 Å². The van der Waals surface area contributed by atoms with Crippen molar-refractivity contribution < 1.29 is 9.64 Å². The molecule has 2 atom stereocenters. The van der Waals surface area contributed by atoms with E-state index in [0.29, 0.717) is 6.04 Å². The molecule has 5 heteroatoms. The van der Waals surface area contributed by atoms with Crippen molar-refractivity contribution >= 4 is 23.0 Å². The Morgan fingerprint density at radius 1 is 1.21 bits per heavy atom. The smallest absolute Gasteiger partial charge is 0.174 e. The number of hydrogen-bond donors (Lipinski definition) is 2. The first kappa shape index (κ1) is 16.7. The van der Waals surface area contributed by atoms with Crippen LogP contribution < -0.4 is 15.0 Å². The largest absolute Gasteiger partial charge is 0.497 e. The average molecular weight is 342 g/mol. The lowest BCUT2D eigenvalue weighted by Crippen LogP contribution is -3.12. The maximum Gasteiger partial charge on any atom is 0.174 e. The maximum atomic E-state index is 5.72. The van der Waals surface area contributed by atoms with Crippen molar-refractivity contribution in [3.8, 4) is 5.75 Å². The van der Waals surface area contributed by atoms with Crippen LogP contribution in [0.2, 0.25) is 0 Å². The van der Waals surface area contributed by atoms with Gasteiger partial charge in [0.1, 0.15) is 18.3 Å². The molecule has 1 aliphatic heterocycles. The van der Waals surface area contributed by atoms with E-state index in [0.717, 1.165) is 36.2 Å². The van der Waals surface area contributed by atoms with Gasteiger partial charge in [-0.1, -0.05) is 36.4 Å². The molecule has 2 aromatic carbocycles. The summed E-state index contributed by atoms with van der Waals surface area (Å²) >= 11 is 5.72. The number of benzene rings is 2. The van der Waals surface area contributed by atoms with Crippen molar-refractivity contribution in [2.24, 2.45) is 0 Å². The minimum absolute atomic E-state index is 0.297. The number of anilines is 1. The van der Waals surface area contributed by atoms with Gasteiger partial charge in [-0.15, -0.1) is 0 Å². The molecule has 1 heterocycles. The van der Waals surface area contributed by atoms with E-state index >= 15 is 0 Å². The van der Waals surface area contributed by atoms with Gasteiger partial charge in [-0.25, -0.2) is 0 Å². The van der Waals surface area contributed by atoms with Crippen molar-refractivity contribution in [2.75, 3.05) is 39.1 Å². The van der Waals surface area contributed by atoms with E-state index in [-0.39, 0.29) is 0 Å². The summed E-state index contributed by atoms with van der Waals surface area (Å²) < 4.78 is 5.29. The molecule has 2 aromatic rings. The predicted octanol–water partition coefficient (Wildman–Crippen LogP) is 1.96. The molecule has 0 aliphatic carbocycles. The third kappa shape index (κ3) is 3.86. The van der Waals surface area contributed by atoms with E-state index in [1.807, 2.05) is 24.3 Å². The van der Waals surface area contributed by atoms with Crippen molar-refractivity contribution in [3.63, 3.8) is 0 Å². The standard InChI is InChI=1S/C19H23N3OS/c1-21-11-12-22(18(14-21)15-7-4-3-5-8-15)19(24)20-16-9-6-10-17(13-16)23-2/h3-10,13,18H,11-12,14H2,1-2H3,(H,20,24)/p+1/t18-/m0/s1. The van der Waals surface area contributed by atoms with Crippen LogP contribution in [-0.2, 0) is 0 Å². The summed E-state index contributed by atoms with van der Waals surface area (Å²) in [6.07, 6.45) is 0. The molecule has 0 spiro atoms. The van der Waals surface area contributed by atoms with Crippen LogP contribution in [0.3, 0.4) is 0 Å². The summed E-state index contributed by atoms with van der Waals surface area (Å²) in [5, 5.41) is 4.14. The van der Waals surface area contributed by atoms with Gasteiger partial charge < -0.3 is 19.9 Å². The zero-order valence-corrected chi connectivity index (χ0v) is 15.0. The molecule has 1 saturated heterocycles. The van der Waals surface area contributed by atoms with Gasteiger partial charge in [-0.2, -0.15) is 0 Å². The van der Waals surface area contributed by atoms with Gasteiger partial charge in [0.05, 0.1) is 27.2 Å². The van der Waals surface area contributed by atoms with E-state index in [2.05, 4.69) is 47.6 Å². The minimum Gasteiger partial charge on any atom is -0.497 e. The summed E-state index contributed by atoms with van der Waals surface area (Å²) in [6, 6.07) is 18.8. The second-order valence-corrected chi connectivity index (χ2v) is 6.58. The highest BCUT2D eigenvalue weighted by molar-refractivity contribution is 7.80. The Bertz CT molecular complexity index is 692. The van der Waals surface area contributed by atoms with Crippen LogP contribution in [0.25, 0.3) is 0 Å². The highest BCUT2D eigenvalue weighted by Crippen LogP contribution is 2.23. The molecule has 0 amide bonds. The van der Waals surface area contributed by atoms with Crippen molar-refractivity contribution in [1.82, 2.24) is 4.90 Å². The molecule has 1 aliphatic rings. The number of nitrogens with zero attached hydrogens (tertiary/aromatic N) is 1. The fourth-order valence-electron chi connectivity index (χ4n) is 3.12. The Hall–Kier alpha value is -2.11. The number of piperazine rings is 1. The second-order valence-electron chi connectivity index (χ2n) is 6.19. The number of nitrogens with one attached hydrogen (secondary N) is 2. The van der Waals surface area contributed by atoms with E-state index in [9.17, 15) is 0 Å². The molecule has 0 aromatic heterocycles. The van der Waals surface area contributed by atoms with Crippen LogP contribution in [0.4, 0.5) is 5.69 Å². The Kier molecular flexibility index (Phi) is 5.33. The van der Waals surface area contributed by atoms with Crippen molar-refractivity contribution in [1.29, 1.82) is 0 Å². The Labute approximate surface area is 149 Å². The lowest BCUT2D eigenvalue weighted by Gasteiger charge is -2.39. The lowest BCUT2D eigenvalue weighted by atomic mass is 10.0. The summed E-state index contributed by atoms with van der Waals surface area (Å²) in [7, 11) is 3.91. The van der Waals surface area contributed by atoms with Gasteiger partial charge in [0.2, 0.25) is 0 Å². The zero-order valence-electron chi connectivity index (χ0n) is 14.2. The molecule has 24 heavy (non-hydrogen) atoms. The van der Waals surface area contributed by atoms with Crippen LogP contribution in [0.5, 0.6) is 5.75 Å². The first-order valence-corrected chi connectivity index (χ1v) is 8.66. The summed E-state index contributed by atoms with van der Waals surface area (Å²) in [6.45, 7) is 3.08. The predicted molar refractivity (Wildman–Crippen MR) is 102 cm³/mol. The van der Waals surface area contributed by atoms with Crippen molar-refractivity contribution in [2.45, 2.75) is 6.04 Å². The number of methoxy groups -OCH3 is 1. The molecule has 0 bridgehead atoms. The number of thiocarbonyl (C=S) groups is 1. The normalized spacial score (nSPS) is 20.5. The van der Waals surface area contributed by atoms with Crippen LogP contribution in [0.15, 0.2) is 54.6 Å². The Morgan fingerprint density at radius 3 is 2.75 bits per heavy atom. The molecule has 4 nitrogen and oxygen atoms in total. The zero-order chi connectivity index (χ0) is 16.9. The summed E-state index contributed by atoms with van der Waals surface area (Å²) in [4.78, 5) is 3.83. The molecule has 126 valence electrons. The quantitative estimate of drug-likeness (QED) is 0.835. The topological polar surface area (TPSA) is 28.9 Å². The molecule has 1 unspecified atom stereocenters. The first-order chi connectivity index (χ1) is 11.7. The van der Waals surface area contributed by atoms with Crippen LogP contribution in [-0.4, -0.2) is 43.8 Å². The van der Waals surface area contributed by atoms with Gasteiger partial charge >= 0.3 is 0 Å². The number of hydrogen-bond acceptors (Lipinski definition) is 2.